The highest BCUT2D eigenvalue weighted by atomic mass is 16.6. The molecule has 1 aliphatic heterocycles. The number of aromatic nitrogens is 4. The van der Waals surface area contributed by atoms with Gasteiger partial charge >= 0.3 is 6.09 Å². The molecule has 0 radical (unpaired) electrons. The number of rotatable bonds is 9. The Balaban J connectivity index is 1.19. The molecule has 9 nitrogen and oxygen atoms in total. The minimum atomic E-state index is -0.349. The van der Waals surface area contributed by atoms with E-state index in [9.17, 15) is 4.79 Å². The van der Waals surface area contributed by atoms with Gasteiger partial charge in [0.1, 0.15) is 23.8 Å². The van der Waals surface area contributed by atoms with Crippen molar-refractivity contribution < 1.29 is 14.3 Å². The van der Waals surface area contributed by atoms with Gasteiger partial charge < -0.3 is 18.9 Å². The summed E-state index contributed by atoms with van der Waals surface area (Å²) in [5.41, 5.74) is 2.94. The standard InChI is InChI=1S/C32H40N6O3/c1-6-22(3)23(4)40-32(39)36(5)26-8-10-29-25(18-26)12-17-38(29)30-11-9-28(21-33-30)41-27-13-15-37(16-14-27)31-34-19-24(7-2)20-35-31/h8-12,17-23,27H,6-7,13-16H2,1-5H3. The lowest BCUT2D eigenvalue weighted by atomic mass is 10.0. The Morgan fingerprint density at radius 1 is 1.02 bits per heavy atom. The van der Waals surface area contributed by atoms with Gasteiger partial charge in [-0.25, -0.2) is 19.7 Å². The molecule has 1 aliphatic rings. The molecule has 2 atom stereocenters. The van der Waals surface area contributed by atoms with Crippen LogP contribution < -0.4 is 14.5 Å². The van der Waals surface area contributed by atoms with Crippen molar-refractivity contribution in [1.29, 1.82) is 0 Å². The third-order valence-corrected chi connectivity index (χ3v) is 8.16. The summed E-state index contributed by atoms with van der Waals surface area (Å²) in [5, 5.41) is 1.01. The van der Waals surface area contributed by atoms with Crippen molar-refractivity contribution in [1.82, 2.24) is 19.5 Å². The Morgan fingerprint density at radius 3 is 2.44 bits per heavy atom. The predicted octanol–water partition coefficient (Wildman–Crippen LogP) is 6.43. The molecule has 0 N–H and O–H groups in total. The molecule has 4 aromatic rings. The maximum absolute atomic E-state index is 12.7. The highest BCUT2D eigenvalue weighted by Crippen LogP contribution is 2.27. The molecular weight excluding hydrogens is 516 g/mol. The van der Waals surface area contributed by atoms with Gasteiger partial charge in [-0.05, 0) is 61.2 Å². The number of hydrogen-bond acceptors (Lipinski definition) is 7. The van der Waals surface area contributed by atoms with Gasteiger partial charge in [0.2, 0.25) is 5.95 Å². The number of benzene rings is 1. The number of ether oxygens (including phenoxy) is 2. The number of nitrogens with zero attached hydrogens (tertiary/aromatic N) is 6. The lowest BCUT2D eigenvalue weighted by Crippen LogP contribution is -2.39. The molecule has 216 valence electrons. The average molecular weight is 557 g/mol. The van der Waals surface area contributed by atoms with Gasteiger partial charge in [0.15, 0.2) is 0 Å². The Morgan fingerprint density at radius 2 is 1.78 bits per heavy atom. The van der Waals surface area contributed by atoms with E-state index in [0.29, 0.717) is 5.92 Å². The van der Waals surface area contributed by atoms with Gasteiger partial charge in [-0.2, -0.15) is 0 Å². The zero-order chi connectivity index (χ0) is 28.9. The second-order valence-corrected chi connectivity index (χ2v) is 10.9. The molecule has 0 bridgehead atoms. The predicted molar refractivity (Wildman–Crippen MR) is 162 cm³/mol. The van der Waals surface area contributed by atoms with Gasteiger partial charge in [-0.3, -0.25) is 4.90 Å². The smallest absolute Gasteiger partial charge is 0.414 e. The molecule has 0 aliphatic carbocycles. The average Bonchev–Trinajstić information content (AvgIpc) is 3.44. The summed E-state index contributed by atoms with van der Waals surface area (Å²) in [6.45, 7) is 9.96. The maximum atomic E-state index is 12.7. The van der Waals surface area contributed by atoms with E-state index in [2.05, 4.69) is 40.6 Å². The Bertz CT molecular complexity index is 1440. The minimum absolute atomic E-state index is 0.136. The molecule has 0 spiro atoms. The quantitative estimate of drug-likeness (QED) is 0.235. The largest absolute Gasteiger partial charge is 0.489 e. The van der Waals surface area contributed by atoms with Crippen molar-refractivity contribution >= 4 is 28.6 Å². The summed E-state index contributed by atoms with van der Waals surface area (Å²) in [4.78, 5) is 30.2. The van der Waals surface area contributed by atoms with Crippen LogP contribution in [0.5, 0.6) is 5.75 Å². The second kappa shape index (κ2) is 12.6. The van der Waals surface area contributed by atoms with E-state index in [1.54, 1.807) is 18.1 Å². The van der Waals surface area contributed by atoms with E-state index >= 15 is 0 Å². The first kappa shape index (κ1) is 28.4. The van der Waals surface area contributed by atoms with Crippen LogP contribution in [0, 0.1) is 5.92 Å². The number of anilines is 2. The first-order chi connectivity index (χ1) is 19.9. The molecule has 0 saturated carbocycles. The molecule has 41 heavy (non-hydrogen) atoms. The third kappa shape index (κ3) is 6.45. The summed E-state index contributed by atoms with van der Waals surface area (Å²) in [7, 11) is 1.74. The van der Waals surface area contributed by atoms with Crippen molar-refractivity contribution in [2.24, 2.45) is 5.92 Å². The van der Waals surface area contributed by atoms with Crippen LogP contribution in [0.15, 0.2) is 61.2 Å². The fourth-order valence-corrected chi connectivity index (χ4v) is 4.97. The topological polar surface area (TPSA) is 85.6 Å². The van der Waals surface area contributed by atoms with Crippen molar-refractivity contribution in [3.63, 3.8) is 0 Å². The maximum Gasteiger partial charge on any atom is 0.414 e. The zero-order valence-corrected chi connectivity index (χ0v) is 24.7. The fourth-order valence-electron chi connectivity index (χ4n) is 4.97. The number of fused-ring (bicyclic) bond motifs is 1. The van der Waals surface area contributed by atoms with Crippen LogP contribution in [0.1, 0.15) is 52.5 Å². The van der Waals surface area contributed by atoms with Crippen molar-refractivity contribution in [3.8, 4) is 11.6 Å². The molecule has 1 aromatic carbocycles. The summed E-state index contributed by atoms with van der Waals surface area (Å²) < 4.78 is 14.0. The zero-order valence-electron chi connectivity index (χ0n) is 24.7. The highest BCUT2D eigenvalue weighted by Gasteiger charge is 2.23. The van der Waals surface area contributed by atoms with Gasteiger partial charge in [-0.1, -0.05) is 27.2 Å². The molecular formula is C32H40N6O3. The van der Waals surface area contributed by atoms with E-state index in [-0.39, 0.29) is 18.3 Å². The summed E-state index contributed by atoms with van der Waals surface area (Å²) in [6, 6.07) is 11.9. The number of hydrogen-bond donors (Lipinski definition) is 0. The van der Waals surface area contributed by atoms with Crippen LogP contribution in [0.25, 0.3) is 16.7 Å². The van der Waals surface area contributed by atoms with Gasteiger partial charge in [-0.15, -0.1) is 0 Å². The first-order valence-electron chi connectivity index (χ1n) is 14.6. The van der Waals surface area contributed by atoms with Crippen LogP contribution in [0.2, 0.25) is 0 Å². The Kier molecular flexibility index (Phi) is 8.71. The van der Waals surface area contributed by atoms with Crippen LogP contribution in [0.3, 0.4) is 0 Å². The Labute approximate surface area is 242 Å². The minimum Gasteiger partial charge on any atom is -0.489 e. The van der Waals surface area contributed by atoms with E-state index in [0.717, 1.165) is 78.4 Å². The number of amides is 1. The molecule has 5 rings (SSSR count). The summed E-state index contributed by atoms with van der Waals surface area (Å²) in [6.07, 6.45) is 11.0. The lowest BCUT2D eigenvalue weighted by molar-refractivity contribution is 0.0829. The molecule has 2 unspecified atom stereocenters. The number of carbonyl (C=O) groups is 1. The van der Waals surface area contributed by atoms with Crippen molar-refractivity contribution in [2.75, 3.05) is 29.9 Å². The monoisotopic (exact) mass is 556 g/mol. The van der Waals surface area contributed by atoms with E-state index in [4.69, 9.17) is 9.47 Å². The highest BCUT2D eigenvalue weighted by molar-refractivity contribution is 5.92. The van der Waals surface area contributed by atoms with Crippen LogP contribution >= 0.6 is 0 Å². The molecule has 4 heterocycles. The third-order valence-electron chi connectivity index (χ3n) is 8.16. The normalized spacial score (nSPS) is 15.5. The number of carbonyl (C=O) groups excluding carboxylic acids is 1. The van der Waals surface area contributed by atoms with Crippen molar-refractivity contribution in [2.45, 2.75) is 65.6 Å². The molecule has 1 amide bonds. The Hall–Kier alpha value is -4.14. The fraction of sp³-hybridized carbons (Fsp3) is 0.438. The lowest BCUT2D eigenvalue weighted by Gasteiger charge is -2.32. The molecule has 1 fully saturated rings. The summed E-state index contributed by atoms with van der Waals surface area (Å²) in [5.74, 6) is 2.67. The van der Waals surface area contributed by atoms with E-state index in [1.165, 1.54) is 0 Å². The van der Waals surface area contributed by atoms with Crippen LogP contribution in [0.4, 0.5) is 16.4 Å². The summed E-state index contributed by atoms with van der Waals surface area (Å²) >= 11 is 0. The number of pyridine rings is 1. The first-order valence-corrected chi connectivity index (χ1v) is 14.6. The van der Waals surface area contributed by atoms with Crippen molar-refractivity contribution in [3.05, 3.63) is 66.7 Å². The van der Waals surface area contributed by atoms with E-state index < -0.39 is 0 Å². The van der Waals surface area contributed by atoms with Gasteiger partial charge in [0.05, 0.1) is 11.7 Å². The molecule has 9 heteroatoms. The van der Waals surface area contributed by atoms with Gasteiger partial charge in [0.25, 0.3) is 0 Å². The van der Waals surface area contributed by atoms with Gasteiger partial charge in [0, 0.05) is 62.6 Å². The molecule has 3 aromatic heterocycles. The number of piperidine rings is 1. The van der Waals surface area contributed by atoms with Crippen LogP contribution in [-0.4, -0.2) is 58.0 Å². The SMILES string of the molecule is CCc1cnc(N2CCC(Oc3ccc(-n4ccc5cc(N(C)C(=O)OC(C)C(C)CC)ccc54)nc3)CC2)nc1. The number of aryl methyl sites for hydroxylation is 1. The molecule has 1 saturated heterocycles. The second-order valence-electron chi connectivity index (χ2n) is 10.9. The van der Waals surface area contributed by atoms with E-state index in [1.807, 2.05) is 66.5 Å². The van der Waals surface area contributed by atoms with Crippen LogP contribution in [-0.2, 0) is 11.2 Å².